The van der Waals surface area contributed by atoms with Gasteiger partial charge in [0.25, 0.3) is 0 Å². The molecule has 4 nitrogen and oxygen atoms in total. The zero-order chi connectivity index (χ0) is 16.8. The van der Waals surface area contributed by atoms with Crippen LogP contribution in [0.1, 0.15) is 24.3 Å². The average molecular weight is 316 g/mol. The highest BCUT2D eigenvalue weighted by Gasteiger charge is 2.41. The van der Waals surface area contributed by atoms with Crippen molar-refractivity contribution in [2.24, 2.45) is 0 Å². The van der Waals surface area contributed by atoms with E-state index in [0.717, 1.165) is 0 Å². The second-order valence-corrected chi connectivity index (χ2v) is 5.10. The minimum atomic E-state index is -4.50. The Balaban J connectivity index is 2.60. The number of carbonyl (C=O) groups is 2. The van der Waals surface area contributed by atoms with Crippen LogP contribution in [0.5, 0.6) is 0 Å². The Bertz CT molecular complexity index is 501. The molecule has 0 spiro atoms. The number of nitrogens with one attached hydrogen (secondary N) is 1. The highest BCUT2D eigenvalue weighted by molar-refractivity contribution is 5.79. The van der Waals surface area contributed by atoms with Gasteiger partial charge in [-0.2, -0.15) is 13.2 Å². The Morgan fingerprint density at radius 3 is 2.27 bits per heavy atom. The van der Waals surface area contributed by atoms with Crippen molar-refractivity contribution < 1.29 is 22.8 Å². The predicted molar refractivity (Wildman–Crippen MR) is 76.2 cm³/mol. The third-order valence-corrected chi connectivity index (χ3v) is 3.15. The monoisotopic (exact) mass is 316 g/mol. The lowest BCUT2D eigenvalue weighted by Crippen LogP contribution is -2.33. The van der Waals surface area contributed by atoms with E-state index in [9.17, 15) is 22.8 Å². The summed E-state index contributed by atoms with van der Waals surface area (Å²) in [6.07, 6.45) is -5.14. The first-order chi connectivity index (χ1) is 10.2. The van der Waals surface area contributed by atoms with E-state index in [1.807, 2.05) is 0 Å². The molecule has 1 N–H and O–H groups in total. The molecule has 1 atom stereocenters. The molecule has 122 valence electrons. The predicted octanol–water partition coefficient (Wildman–Crippen LogP) is 2.32. The Morgan fingerprint density at radius 2 is 1.77 bits per heavy atom. The highest BCUT2D eigenvalue weighted by atomic mass is 19.4. The summed E-state index contributed by atoms with van der Waals surface area (Å²) < 4.78 is 39.2. The summed E-state index contributed by atoms with van der Waals surface area (Å²) in [7, 11) is 3.14. The molecule has 1 aromatic rings. The standard InChI is InChI=1S/C15H19F3N2O2/c1-20(2)14(22)8-9-19-13(21)10-12(15(16,17)18)11-6-4-3-5-7-11/h3-7,12H,8-10H2,1-2H3,(H,19,21). The lowest BCUT2D eigenvalue weighted by atomic mass is 9.95. The number of carbonyl (C=O) groups excluding carboxylic acids is 2. The smallest absolute Gasteiger partial charge is 0.356 e. The first-order valence-electron chi connectivity index (χ1n) is 6.80. The Morgan fingerprint density at radius 1 is 1.18 bits per heavy atom. The molecule has 0 saturated carbocycles. The molecule has 0 aromatic heterocycles. The van der Waals surface area contributed by atoms with Gasteiger partial charge < -0.3 is 10.2 Å². The second-order valence-electron chi connectivity index (χ2n) is 5.10. The fraction of sp³-hybridized carbons (Fsp3) is 0.467. The average Bonchev–Trinajstić information content (AvgIpc) is 2.44. The lowest BCUT2D eigenvalue weighted by molar-refractivity contribution is -0.157. The fourth-order valence-corrected chi connectivity index (χ4v) is 1.90. The van der Waals surface area contributed by atoms with Gasteiger partial charge >= 0.3 is 6.18 Å². The summed E-state index contributed by atoms with van der Waals surface area (Å²) in [5.74, 6) is -2.77. The van der Waals surface area contributed by atoms with Gasteiger partial charge in [-0.05, 0) is 5.56 Å². The number of nitrogens with zero attached hydrogens (tertiary/aromatic N) is 1. The number of rotatable bonds is 6. The molecule has 0 bridgehead atoms. The van der Waals surface area contributed by atoms with Crippen molar-refractivity contribution in [1.82, 2.24) is 10.2 Å². The largest absolute Gasteiger partial charge is 0.396 e. The van der Waals surface area contributed by atoms with Gasteiger partial charge in [-0.3, -0.25) is 9.59 Å². The molecule has 0 radical (unpaired) electrons. The van der Waals surface area contributed by atoms with Gasteiger partial charge in [-0.25, -0.2) is 0 Å². The van der Waals surface area contributed by atoms with Crippen molar-refractivity contribution in [1.29, 1.82) is 0 Å². The maximum absolute atomic E-state index is 13.1. The van der Waals surface area contributed by atoms with Crippen LogP contribution in [-0.4, -0.2) is 43.5 Å². The third kappa shape index (κ3) is 5.75. The van der Waals surface area contributed by atoms with Crippen LogP contribution in [0.2, 0.25) is 0 Å². The van der Waals surface area contributed by atoms with Crippen LogP contribution in [0.3, 0.4) is 0 Å². The normalized spacial score (nSPS) is 12.6. The zero-order valence-corrected chi connectivity index (χ0v) is 12.5. The quantitative estimate of drug-likeness (QED) is 0.875. The fourth-order valence-electron chi connectivity index (χ4n) is 1.90. The number of amides is 2. The molecule has 0 aliphatic rings. The maximum atomic E-state index is 13.1. The Kier molecular flexibility index (Phi) is 6.39. The number of alkyl halides is 3. The van der Waals surface area contributed by atoms with E-state index in [0.29, 0.717) is 0 Å². The third-order valence-electron chi connectivity index (χ3n) is 3.15. The SMILES string of the molecule is CN(C)C(=O)CCNC(=O)CC(c1ccccc1)C(F)(F)F. The van der Waals surface area contributed by atoms with Crippen LogP contribution in [0.15, 0.2) is 30.3 Å². The summed E-state index contributed by atoms with van der Waals surface area (Å²) in [6, 6.07) is 7.31. The summed E-state index contributed by atoms with van der Waals surface area (Å²) >= 11 is 0. The summed E-state index contributed by atoms with van der Waals surface area (Å²) in [5.41, 5.74) is 0.0505. The first-order valence-corrected chi connectivity index (χ1v) is 6.80. The zero-order valence-electron chi connectivity index (χ0n) is 12.5. The van der Waals surface area contributed by atoms with E-state index in [1.54, 1.807) is 20.2 Å². The van der Waals surface area contributed by atoms with Crippen LogP contribution in [0.4, 0.5) is 13.2 Å². The molecule has 22 heavy (non-hydrogen) atoms. The van der Waals surface area contributed by atoms with Crippen molar-refractivity contribution in [2.45, 2.75) is 24.9 Å². The van der Waals surface area contributed by atoms with Gasteiger partial charge in [0.15, 0.2) is 0 Å². The molecule has 2 amide bonds. The van der Waals surface area contributed by atoms with Crippen molar-refractivity contribution in [3.8, 4) is 0 Å². The molecule has 0 fully saturated rings. The van der Waals surface area contributed by atoms with Crippen LogP contribution in [-0.2, 0) is 9.59 Å². The second kappa shape index (κ2) is 7.82. The van der Waals surface area contributed by atoms with Gasteiger partial charge in [-0.1, -0.05) is 30.3 Å². The Hall–Kier alpha value is -2.05. The number of hydrogen-bond acceptors (Lipinski definition) is 2. The van der Waals surface area contributed by atoms with Crippen LogP contribution < -0.4 is 5.32 Å². The van der Waals surface area contributed by atoms with Crippen LogP contribution in [0.25, 0.3) is 0 Å². The highest BCUT2D eigenvalue weighted by Crippen LogP contribution is 2.37. The van der Waals surface area contributed by atoms with Crippen LogP contribution in [0, 0.1) is 0 Å². The van der Waals surface area contributed by atoms with Gasteiger partial charge in [0.1, 0.15) is 0 Å². The topological polar surface area (TPSA) is 49.4 Å². The van der Waals surface area contributed by atoms with Gasteiger partial charge in [0.05, 0.1) is 5.92 Å². The summed E-state index contributed by atoms with van der Waals surface area (Å²) in [6.45, 7) is 0.0230. The van der Waals surface area contributed by atoms with Gasteiger partial charge in [-0.15, -0.1) is 0 Å². The van der Waals surface area contributed by atoms with Crippen molar-refractivity contribution in [3.05, 3.63) is 35.9 Å². The number of hydrogen-bond donors (Lipinski definition) is 1. The van der Waals surface area contributed by atoms with Gasteiger partial charge in [0, 0.05) is 33.5 Å². The van der Waals surface area contributed by atoms with Crippen molar-refractivity contribution in [3.63, 3.8) is 0 Å². The molecule has 1 unspecified atom stereocenters. The molecule has 7 heteroatoms. The van der Waals surface area contributed by atoms with Crippen molar-refractivity contribution >= 4 is 11.8 Å². The van der Waals surface area contributed by atoms with Crippen LogP contribution >= 0.6 is 0 Å². The first kappa shape index (κ1) is 18.0. The Labute approximate surface area is 127 Å². The minimum absolute atomic E-state index is 0.0230. The van der Waals surface area contributed by atoms with E-state index in [2.05, 4.69) is 5.32 Å². The lowest BCUT2D eigenvalue weighted by Gasteiger charge is -2.20. The summed E-state index contributed by atoms with van der Waals surface area (Å²) in [4.78, 5) is 24.4. The van der Waals surface area contributed by atoms with E-state index < -0.39 is 24.4 Å². The maximum Gasteiger partial charge on any atom is 0.396 e. The molecular weight excluding hydrogens is 297 g/mol. The molecule has 0 saturated heterocycles. The molecule has 0 aliphatic carbocycles. The van der Waals surface area contributed by atoms with E-state index >= 15 is 0 Å². The molecule has 1 aromatic carbocycles. The molecule has 1 rings (SSSR count). The summed E-state index contributed by atoms with van der Waals surface area (Å²) in [5, 5.41) is 2.35. The molecule has 0 heterocycles. The molecular formula is C15H19F3N2O2. The van der Waals surface area contributed by atoms with Crippen molar-refractivity contribution in [2.75, 3.05) is 20.6 Å². The number of benzene rings is 1. The van der Waals surface area contributed by atoms with Gasteiger partial charge in [0.2, 0.25) is 11.8 Å². The van der Waals surface area contributed by atoms with E-state index in [4.69, 9.17) is 0 Å². The van der Waals surface area contributed by atoms with E-state index in [-0.39, 0.29) is 24.4 Å². The number of halogens is 3. The minimum Gasteiger partial charge on any atom is -0.356 e. The van der Waals surface area contributed by atoms with E-state index in [1.165, 1.54) is 29.2 Å². The molecule has 0 aliphatic heterocycles.